The first kappa shape index (κ1) is 21.6. The van der Waals surface area contributed by atoms with Crippen molar-refractivity contribution in [3.05, 3.63) is 102 Å². The minimum atomic E-state index is -0.802. The molecule has 2 aromatic carbocycles. The number of ether oxygens (including phenoxy) is 3. The van der Waals surface area contributed by atoms with Crippen LogP contribution in [0.2, 0.25) is 0 Å². The van der Waals surface area contributed by atoms with E-state index in [9.17, 15) is 4.79 Å². The van der Waals surface area contributed by atoms with Crippen LogP contribution in [0.4, 0.5) is 0 Å². The minimum absolute atomic E-state index is 0.195. The highest BCUT2D eigenvalue weighted by Crippen LogP contribution is 2.30. The lowest BCUT2D eigenvalue weighted by molar-refractivity contribution is -0.158. The molecule has 1 saturated heterocycles. The van der Waals surface area contributed by atoms with Crippen molar-refractivity contribution in [2.45, 2.75) is 31.9 Å². The molecule has 5 nitrogen and oxygen atoms in total. The summed E-state index contributed by atoms with van der Waals surface area (Å²) < 4.78 is 16.8. The van der Waals surface area contributed by atoms with Crippen molar-refractivity contribution in [3.8, 4) is 5.75 Å². The van der Waals surface area contributed by atoms with Gasteiger partial charge in [0.15, 0.2) is 6.10 Å². The van der Waals surface area contributed by atoms with Gasteiger partial charge in [0.05, 0.1) is 13.2 Å². The maximum Gasteiger partial charge on any atom is 0.337 e. The zero-order valence-corrected chi connectivity index (χ0v) is 17.3. The lowest BCUT2D eigenvalue weighted by atomic mass is 10.0. The Morgan fingerprint density at radius 1 is 1.13 bits per heavy atom. The van der Waals surface area contributed by atoms with E-state index in [0.717, 1.165) is 22.4 Å². The third kappa shape index (κ3) is 5.47. The van der Waals surface area contributed by atoms with Gasteiger partial charge in [-0.2, -0.15) is 0 Å². The summed E-state index contributed by atoms with van der Waals surface area (Å²) in [6, 6.07) is 16.7. The number of hydrogen-bond acceptors (Lipinski definition) is 5. The molecule has 1 aliphatic heterocycles. The Hall–Kier alpha value is -3.15. The molecule has 1 heterocycles. The van der Waals surface area contributed by atoms with Crippen molar-refractivity contribution in [2.24, 2.45) is 0 Å². The first-order valence-electron chi connectivity index (χ1n) is 9.86. The van der Waals surface area contributed by atoms with Crippen LogP contribution in [0.3, 0.4) is 0 Å². The fraction of sp³-hybridized carbons (Fsp3) is 0.240. The normalized spacial score (nSPS) is 21.2. The standard InChI is InChI=1S/C25H27NO4/c1-4-5-7-10-18(2)22-23(25(27)29-17-19-11-8-6-9-12-19)30-24(26-22)20-13-15-21(28-3)16-14-20/h4-16,22-24,26H,2,17H2,1,3H3/b5-4-,10-7-/t22-,23+,24?/m0/s1. The smallest absolute Gasteiger partial charge is 0.337 e. The maximum atomic E-state index is 12.9. The molecule has 2 aromatic rings. The molecule has 0 amide bonds. The second-order valence-electron chi connectivity index (χ2n) is 6.91. The second-order valence-corrected chi connectivity index (χ2v) is 6.91. The third-order valence-electron chi connectivity index (χ3n) is 4.80. The predicted molar refractivity (Wildman–Crippen MR) is 117 cm³/mol. The van der Waals surface area contributed by atoms with Gasteiger partial charge in [0.2, 0.25) is 0 Å². The zero-order valence-electron chi connectivity index (χ0n) is 17.3. The molecule has 0 radical (unpaired) electrons. The third-order valence-corrected chi connectivity index (χ3v) is 4.80. The van der Waals surface area contributed by atoms with Crippen molar-refractivity contribution in [1.29, 1.82) is 0 Å². The van der Waals surface area contributed by atoms with E-state index >= 15 is 0 Å². The van der Waals surface area contributed by atoms with E-state index in [2.05, 4.69) is 11.9 Å². The lowest BCUT2D eigenvalue weighted by Gasteiger charge is -2.17. The molecule has 3 rings (SSSR count). The summed E-state index contributed by atoms with van der Waals surface area (Å²) >= 11 is 0. The van der Waals surface area contributed by atoms with E-state index in [-0.39, 0.29) is 6.61 Å². The van der Waals surface area contributed by atoms with E-state index in [4.69, 9.17) is 14.2 Å². The van der Waals surface area contributed by atoms with Crippen LogP contribution >= 0.6 is 0 Å². The summed E-state index contributed by atoms with van der Waals surface area (Å²) in [7, 11) is 1.62. The van der Waals surface area contributed by atoms with Gasteiger partial charge < -0.3 is 14.2 Å². The monoisotopic (exact) mass is 405 g/mol. The molecular weight excluding hydrogens is 378 g/mol. The number of methoxy groups -OCH3 is 1. The Labute approximate surface area is 177 Å². The fourth-order valence-electron chi connectivity index (χ4n) is 3.17. The molecular formula is C25H27NO4. The first-order valence-corrected chi connectivity index (χ1v) is 9.86. The average Bonchev–Trinajstić information content (AvgIpc) is 3.24. The molecule has 0 aliphatic carbocycles. The Morgan fingerprint density at radius 2 is 1.87 bits per heavy atom. The van der Waals surface area contributed by atoms with Crippen LogP contribution in [-0.4, -0.2) is 25.2 Å². The number of nitrogens with one attached hydrogen (secondary N) is 1. The molecule has 30 heavy (non-hydrogen) atoms. The summed E-state index contributed by atoms with van der Waals surface area (Å²) in [5.41, 5.74) is 2.56. The van der Waals surface area contributed by atoms with E-state index in [1.54, 1.807) is 7.11 Å². The van der Waals surface area contributed by atoms with Crippen LogP contribution in [0.25, 0.3) is 0 Å². The highest BCUT2D eigenvalue weighted by Gasteiger charge is 2.41. The van der Waals surface area contributed by atoms with Gasteiger partial charge >= 0.3 is 5.97 Å². The minimum Gasteiger partial charge on any atom is -0.497 e. The second kappa shape index (κ2) is 10.6. The molecule has 0 saturated carbocycles. The highest BCUT2D eigenvalue weighted by molar-refractivity contribution is 5.77. The topological polar surface area (TPSA) is 56.8 Å². The molecule has 1 fully saturated rings. The molecule has 0 aromatic heterocycles. The van der Waals surface area contributed by atoms with Crippen LogP contribution in [0.1, 0.15) is 24.3 Å². The van der Waals surface area contributed by atoms with E-state index in [1.165, 1.54) is 0 Å². The van der Waals surface area contributed by atoms with E-state index in [1.807, 2.05) is 85.8 Å². The van der Waals surface area contributed by atoms with Gasteiger partial charge in [0.1, 0.15) is 18.6 Å². The zero-order chi connectivity index (χ0) is 21.3. The number of benzene rings is 2. The quantitative estimate of drug-likeness (QED) is 0.518. The number of carbonyl (C=O) groups is 1. The Morgan fingerprint density at radius 3 is 2.53 bits per heavy atom. The Bertz CT molecular complexity index is 903. The van der Waals surface area contributed by atoms with Crippen molar-refractivity contribution in [3.63, 3.8) is 0 Å². The fourth-order valence-corrected chi connectivity index (χ4v) is 3.17. The molecule has 156 valence electrons. The molecule has 0 spiro atoms. The van der Waals surface area contributed by atoms with Crippen LogP contribution in [0.15, 0.2) is 91.1 Å². The predicted octanol–water partition coefficient (Wildman–Crippen LogP) is 4.48. The van der Waals surface area contributed by atoms with E-state index < -0.39 is 24.3 Å². The van der Waals surface area contributed by atoms with Gasteiger partial charge in [-0.15, -0.1) is 0 Å². The van der Waals surface area contributed by atoms with Crippen LogP contribution < -0.4 is 10.1 Å². The molecule has 1 N–H and O–H groups in total. The summed E-state index contributed by atoms with van der Waals surface area (Å²) in [5.74, 6) is 0.332. The number of allylic oxidation sites excluding steroid dienone is 3. The Balaban J connectivity index is 1.75. The van der Waals surface area contributed by atoms with Crippen molar-refractivity contribution in [2.75, 3.05) is 7.11 Å². The first-order chi connectivity index (χ1) is 14.6. The van der Waals surface area contributed by atoms with Crippen LogP contribution in [-0.2, 0) is 20.9 Å². The number of esters is 1. The van der Waals surface area contributed by atoms with Gasteiger partial charge in [0, 0.05) is 0 Å². The molecule has 3 atom stereocenters. The van der Waals surface area contributed by atoms with Gasteiger partial charge in [-0.05, 0) is 35.8 Å². The average molecular weight is 405 g/mol. The summed E-state index contributed by atoms with van der Waals surface area (Å²) in [5, 5.41) is 3.36. The highest BCUT2D eigenvalue weighted by atomic mass is 16.6. The molecule has 1 aliphatic rings. The maximum absolute atomic E-state index is 12.9. The summed E-state index contributed by atoms with van der Waals surface area (Å²) in [6.45, 7) is 6.26. The molecule has 5 heteroatoms. The van der Waals surface area contributed by atoms with Crippen molar-refractivity contribution < 1.29 is 19.0 Å². The van der Waals surface area contributed by atoms with E-state index in [0.29, 0.717) is 0 Å². The van der Waals surface area contributed by atoms with Gasteiger partial charge in [-0.25, -0.2) is 4.79 Å². The van der Waals surface area contributed by atoms with Gasteiger partial charge in [0.25, 0.3) is 0 Å². The van der Waals surface area contributed by atoms with Gasteiger partial charge in [-0.1, -0.05) is 73.3 Å². The lowest BCUT2D eigenvalue weighted by Crippen LogP contribution is -2.38. The molecule has 0 bridgehead atoms. The van der Waals surface area contributed by atoms with Gasteiger partial charge in [-0.3, -0.25) is 5.32 Å². The number of rotatable bonds is 8. The molecule has 1 unspecified atom stereocenters. The largest absolute Gasteiger partial charge is 0.497 e. The number of carbonyl (C=O) groups excluding carboxylic acids is 1. The van der Waals surface area contributed by atoms with Crippen molar-refractivity contribution in [1.82, 2.24) is 5.32 Å². The SMILES string of the molecule is C=C(/C=C\C=C/C)[C@@H]1NC(c2ccc(OC)cc2)O[C@H]1C(=O)OCc1ccccc1. The summed E-state index contributed by atoms with van der Waals surface area (Å²) in [6.07, 6.45) is 6.33. The van der Waals surface area contributed by atoms with Crippen molar-refractivity contribution >= 4 is 5.97 Å². The van der Waals surface area contributed by atoms with Crippen LogP contribution in [0, 0.1) is 0 Å². The summed E-state index contributed by atoms with van der Waals surface area (Å²) in [4.78, 5) is 12.9. The number of hydrogen-bond donors (Lipinski definition) is 1. The van der Waals surface area contributed by atoms with Crippen LogP contribution in [0.5, 0.6) is 5.75 Å². The Kier molecular flexibility index (Phi) is 7.60.